The molecule has 1 N–H and O–H groups in total. The van der Waals surface area contributed by atoms with Crippen LogP contribution < -0.4 is 9.46 Å². The lowest BCUT2D eigenvalue weighted by Crippen LogP contribution is -2.13. The Labute approximate surface area is 176 Å². The first-order valence-electron chi connectivity index (χ1n) is 8.62. The summed E-state index contributed by atoms with van der Waals surface area (Å²) in [5.41, 5.74) is 0.304. The van der Waals surface area contributed by atoms with E-state index in [0.717, 1.165) is 18.2 Å². The van der Waals surface area contributed by atoms with Crippen molar-refractivity contribution >= 4 is 27.3 Å². The lowest BCUT2D eigenvalue weighted by molar-refractivity contribution is 0.461. The fraction of sp³-hybridized carbons (Fsp3) is 0. The van der Waals surface area contributed by atoms with E-state index in [2.05, 4.69) is 14.7 Å². The Bertz CT molecular complexity index is 1280. The number of hydrogen-bond acceptors (Lipinski definition) is 5. The van der Waals surface area contributed by atoms with Gasteiger partial charge in [-0.05, 0) is 54.6 Å². The maximum absolute atomic E-state index is 13.3. The van der Waals surface area contributed by atoms with E-state index in [0.29, 0.717) is 23.1 Å². The van der Waals surface area contributed by atoms with Crippen molar-refractivity contribution < 1.29 is 17.5 Å². The third-order valence-electron chi connectivity index (χ3n) is 4.03. The highest BCUT2D eigenvalue weighted by molar-refractivity contribution is 7.92. The van der Waals surface area contributed by atoms with Crippen LogP contribution in [0.15, 0.2) is 84.3 Å². The molecule has 2 aromatic heterocycles. The fourth-order valence-corrected chi connectivity index (χ4v) is 3.91. The highest BCUT2D eigenvalue weighted by Gasteiger charge is 2.16. The summed E-state index contributed by atoms with van der Waals surface area (Å²) in [6, 6.07) is 14.9. The molecule has 0 aliphatic heterocycles. The third kappa shape index (κ3) is 4.42. The van der Waals surface area contributed by atoms with E-state index in [1.807, 2.05) is 29.1 Å². The number of benzene rings is 2. The molecule has 0 aliphatic carbocycles. The molecule has 0 aliphatic rings. The van der Waals surface area contributed by atoms with Gasteiger partial charge >= 0.3 is 0 Å². The normalized spacial score (nSPS) is 11.3. The number of rotatable bonds is 6. The van der Waals surface area contributed by atoms with Crippen LogP contribution in [0, 0.1) is 5.82 Å². The predicted molar refractivity (Wildman–Crippen MR) is 110 cm³/mol. The molecule has 2 heterocycles. The molecule has 0 radical (unpaired) electrons. The molecule has 0 bridgehead atoms. The van der Waals surface area contributed by atoms with Gasteiger partial charge in [0.2, 0.25) is 5.88 Å². The fourth-order valence-electron chi connectivity index (χ4n) is 2.58. The lowest BCUT2D eigenvalue weighted by Gasteiger charge is -2.10. The van der Waals surface area contributed by atoms with E-state index in [4.69, 9.17) is 16.3 Å². The first-order valence-corrected chi connectivity index (χ1v) is 10.5. The predicted octanol–water partition coefficient (Wildman–Crippen LogP) is 4.65. The van der Waals surface area contributed by atoms with Crippen molar-refractivity contribution in [2.45, 2.75) is 4.90 Å². The largest absolute Gasteiger partial charge is 0.439 e. The van der Waals surface area contributed by atoms with Gasteiger partial charge < -0.3 is 9.30 Å². The number of aromatic nitrogens is 3. The summed E-state index contributed by atoms with van der Waals surface area (Å²) in [5, 5.41) is -0.272. The Morgan fingerprint density at radius 3 is 2.43 bits per heavy atom. The summed E-state index contributed by atoms with van der Waals surface area (Å²) >= 11 is 5.67. The molecule has 30 heavy (non-hydrogen) atoms. The van der Waals surface area contributed by atoms with Gasteiger partial charge in [-0.2, -0.15) is 0 Å². The van der Waals surface area contributed by atoms with Crippen LogP contribution in [0.4, 0.5) is 10.1 Å². The molecule has 0 spiro atoms. The maximum Gasteiger partial charge on any atom is 0.261 e. The second kappa shape index (κ2) is 8.13. The molecule has 4 rings (SSSR count). The van der Waals surface area contributed by atoms with E-state index in [-0.39, 0.29) is 9.92 Å². The van der Waals surface area contributed by atoms with Crippen LogP contribution in [-0.4, -0.2) is 23.0 Å². The monoisotopic (exact) mass is 444 g/mol. The van der Waals surface area contributed by atoms with E-state index >= 15 is 0 Å². The van der Waals surface area contributed by atoms with Gasteiger partial charge in [-0.3, -0.25) is 4.72 Å². The van der Waals surface area contributed by atoms with Crippen LogP contribution in [0.3, 0.4) is 0 Å². The zero-order valence-corrected chi connectivity index (χ0v) is 16.8. The average Bonchev–Trinajstić information content (AvgIpc) is 3.26. The van der Waals surface area contributed by atoms with Crippen LogP contribution in [0.2, 0.25) is 5.02 Å². The van der Waals surface area contributed by atoms with Gasteiger partial charge in [-0.1, -0.05) is 11.6 Å². The Hall–Kier alpha value is -3.43. The lowest BCUT2D eigenvalue weighted by atomic mass is 10.3. The quantitative estimate of drug-likeness (QED) is 0.467. The van der Waals surface area contributed by atoms with Gasteiger partial charge in [-0.25, -0.2) is 22.8 Å². The van der Waals surface area contributed by atoms with Gasteiger partial charge in [0.25, 0.3) is 10.0 Å². The second-order valence-corrected chi connectivity index (χ2v) is 8.20. The highest BCUT2D eigenvalue weighted by atomic mass is 35.5. The molecule has 2 aromatic carbocycles. The third-order valence-corrected chi connectivity index (χ3v) is 5.70. The van der Waals surface area contributed by atoms with Crippen molar-refractivity contribution in [1.82, 2.24) is 14.5 Å². The second-order valence-electron chi connectivity index (χ2n) is 6.11. The van der Waals surface area contributed by atoms with Gasteiger partial charge in [0.1, 0.15) is 23.7 Å². The van der Waals surface area contributed by atoms with Crippen molar-refractivity contribution in [2.75, 3.05) is 4.72 Å². The van der Waals surface area contributed by atoms with Crippen LogP contribution in [0.25, 0.3) is 5.82 Å². The molecule has 4 aromatic rings. The van der Waals surface area contributed by atoms with Crippen molar-refractivity contribution in [2.24, 2.45) is 0 Å². The Kier molecular flexibility index (Phi) is 5.39. The van der Waals surface area contributed by atoms with Crippen molar-refractivity contribution in [1.29, 1.82) is 0 Å². The summed E-state index contributed by atoms with van der Waals surface area (Å²) in [5.74, 6) is 0.747. The molecule has 7 nitrogen and oxygen atoms in total. The molecule has 0 amide bonds. The Balaban J connectivity index is 1.48. The minimum atomic E-state index is -3.92. The zero-order valence-electron chi connectivity index (χ0n) is 15.2. The number of nitrogens with zero attached hydrogens (tertiary/aromatic N) is 3. The van der Waals surface area contributed by atoms with Crippen LogP contribution in [0.5, 0.6) is 11.6 Å². The molecule has 0 atom stereocenters. The van der Waals surface area contributed by atoms with Gasteiger partial charge in [0.05, 0.1) is 9.92 Å². The number of hydrogen-bond donors (Lipinski definition) is 1. The maximum atomic E-state index is 13.3. The van der Waals surface area contributed by atoms with E-state index in [9.17, 15) is 12.8 Å². The minimum Gasteiger partial charge on any atom is -0.439 e. The molecule has 0 saturated carbocycles. The van der Waals surface area contributed by atoms with Crippen molar-refractivity contribution in [3.63, 3.8) is 0 Å². The standard InChI is InChI=1S/C20H14ClFN4O3S/c21-17-11-16(7-8-18(17)22)30(27,28)25-14-3-5-15(6-4-14)29-20-12-19(23-13-24-20)26-9-1-2-10-26/h1-13,25H. The Morgan fingerprint density at radius 1 is 1.00 bits per heavy atom. The smallest absolute Gasteiger partial charge is 0.261 e. The summed E-state index contributed by atoms with van der Waals surface area (Å²) in [6.07, 6.45) is 5.09. The summed E-state index contributed by atoms with van der Waals surface area (Å²) in [7, 11) is -3.92. The van der Waals surface area contributed by atoms with Crippen molar-refractivity contribution in [3.05, 3.63) is 90.2 Å². The topological polar surface area (TPSA) is 86.1 Å². The zero-order chi connectivity index (χ0) is 21.1. The summed E-state index contributed by atoms with van der Waals surface area (Å²) in [4.78, 5) is 8.12. The number of nitrogens with one attached hydrogen (secondary N) is 1. The highest BCUT2D eigenvalue weighted by Crippen LogP contribution is 2.25. The number of sulfonamides is 1. The number of ether oxygens (including phenoxy) is 1. The first-order chi connectivity index (χ1) is 14.4. The minimum absolute atomic E-state index is 0.146. The number of halogens is 2. The van der Waals surface area contributed by atoms with Gasteiger partial charge in [0.15, 0.2) is 0 Å². The number of anilines is 1. The van der Waals surface area contributed by atoms with Crippen LogP contribution in [-0.2, 0) is 10.0 Å². The first kappa shape index (κ1) is 19.9. The van der Waals surface area contributed by atoms with E-state index in [1.54, 1.807) is 18.2 Å². The Morgan fingerprint density at radius 2 is 1.73 bits per heavy atom. The van der Waals surface area contributed by atoms with Crippen LogP contribution >= 0.6 is 11.6 Å². The molecule has 0 fully saturated rings. The van der Waals surface area contributed by atoms with Gasteiger partial charge in [0, 0.05) is 24.1 Å². The van der Waals surface area contributed by atoms with Gasteiger partial charge in [-0.15, -0.1) is 0 Å². The molecule has 152 valence electrons. The molecule has 0 saturated heterocycles. The molecule has 10 heteroatoms. The SMILES string of the molecule is O=S(=O)(Nc1ccc(Oc2cc(-n3cccc3)ncn2)cc1)c1ccc(F)c(Cl)c1. The molecular formula is C20H14ClFN4O3S. The summed E-state index contributed by atoms with van der Waals surface area (Å²) in [6.45, 7) is 0. The summed E-state index contributed by atoms with van der Waals surface area (Å²) < 4.78 is 48.1. The van der Waals surface area contributed by atoms with Crippen molar-refractivity contribution in [3.8, 4) is 17.4 Å². The molecule has 0 unspecified atom stereocenters. The van der Waals surface area contributed by atoms with Crippen LogP contribution in [0.1, 0.15) is 0 Å². The van der Waals surface area contributed by atoms with E-state index in [1.165, 1.54) is 18.5 Å². The van der Waals surface area contributed by atoms with E-state index < -0.39 is 15.8 Å². The average molecular weight is 445 g/mol. The molecular weight excluding hydrogens is 431 g/mol.